The molecule has 1 aliphatic heterocycles. The first-order valence-corrected chi connectivity index (χ1v) is 11.5. The summed E-state index contributed by atoms with van der Waals surface area (Å²) in [5.41, 5.74) is 2.97. The van der Waals surface area contributed by atoms with Crippen LogP contribution in [0.15, 0.2) is 61.3 Å². The van der Waals surface area contributed by atoms with E-state index in [0.717, 1.165) is 18.4 Å². The number of H-pyrrole nitrogens is 1. The predicted molar refractivity (Wildman–Crippen MR) is 130 cm³/mol. The highest BCUT2D eigenvalue weighted by Gasteiger charge is 2.24. The number of aliphatic hydroxyl groups excluding tert-OH is 1. The van der Waals surface area contributed by atoms with Crippen LogP contribution in [0.3, 0.4) is 0 Å². The molecule has 0 unspecified atom stereocenters. The number of aromatic nitrogens is 4. The van der Waals surface area contributed by atoms with Crippen LogP contribution in [0.5, 0.6) is 0 Å². The summed E-state index contributed by atoms with van der Waals surface area (Å²) in [7, 11) is 0. The molecule has 3 N–H and O–H groups in total. The van der Waals surface area contributed by atoms with E-state index in [9.17, 15) is 14.7 Å². The van der Waals surface area contributed by atoms with Gasteiger partial charge in [0.05, 0.1) is 36.3 Å². The zero-order valence-corrected chi connectivity index (χ0v) is 19.0. The monoisotopic (exact) mass is 471 g/mol. The van der Waals surface area contributed by atoms with Gasteiger partial charge in [0.1, 0.15) is 17.8 Å². The van der Waals surface area contributed by atoms with Gasteiger partial charge in [-0.1, -0.05) is 24.3 Å². The van der Waals surface area contributed by atoms with Crippen molar-refractivity contribution in [3.05, 3.63) is 83.6 Å². The number of carbonyl (C=O) groups excluding carboxylic acids is 2. The summed E-state index contributed by atoms with van der Waals surface area (Å²) in [5.74, 6) is 0.393. The fourth-order valence-corrected chi connectivity index (χ4v) is 4.26. The third kappa shape index (κ3) is 4.96. The number of anilines is 1. The van der Waals surface area contributed by atoms with E-state index in [1.165, 1.54) is 6.33 Å². The Hall–Kier alpha value is -3.95. The minimum absolute atomic E-state index is 0.00651. The number of hydrogen-bond donors (Lipinski definition) is 3. The lowest BCUT2D eigenvalue weighted by Gasteiger charge is -2.29. The van der Waals surface area contributed by atoms with Crippen LogP contribution in [0, 0.1) is 0 Å². The molecule has 2 atom stereocenters. The fraction of sp³-hybridized carbons (Fsp3) is 0.269. The molecule has 9 heteroatoms. The predicted octanol–water partition coefficient (Wildman–Crippen LogP) is 2.96. The summed E-state index contributed by atoms with van der Waals surface area (Å²) in [6.07, 6.45) is 7.96. The first-order valence-electron chi connectivity index (χ1n) is 11.5. The Morgan fingerprint density at radius 1 is 1.06 bits per heavy atom. The number of aromatic amines is 1. The van der Waals surface area contributed by atoms with Crippen LogP contribution in [0.4, 0.5) is 5.82 Å². The largest absolute Gasteiger partial charge is 0.394 e. The number of hydrogen-bond acceptors (Lipinski definition) is 8. The standard InChI is InChI=1S/C26H25N5O4/c32-13-20-6-5-19(14-35-20)31-26-23-21(12-28-25(23)29-15-30-26)24(34)18-3-1-16(2-4-18)11-22(33)17-7-9-27-10-8-17/h1-4,7-10,12,15,19-20,32H,5-6,11,13-14H2,(H2,28,29,30,31)/t19-,20-/m0/s1. The molecule has 1 aliphatic rings. The maximum Gasteiger partial charge on any atom is 0.195 e. The normalized spacial score (nSPS) is 17.9. The van der Waals surface area contributed by atoms with Crippen LogP contribution in [0.2, 0.25) is 0 Å². The molecule has 9 nitrogen and oxygen atoms in total. The van der Waals surface area contributed by atoms with Gasteiger partial charge < -0.3 is 20.1 Å². The summed E-state index contributed by atoms with van der Waals surface area (Å²) in [5, 5.41) is 13.3. The van der Waals surface area contributed by atoms with Gasteiger partial charge in [-0.05, 0) is 30.5 Å². The Morgan fingerprint density at radius 3 is 2.57 bits per heavy atom. The number of ketones is 2. The Kier molecular flexibility index (Phi) is 6.60. The van der Waals surface area contributed by atoms with Crippen molar-refractivity contribution in [1.82, 2.24) is 19.9 Å². The van der Waals surface area contributed by atoms with Crippen LogP contribution in [0.1, 0.15) is 44.7 Å². The van der Waals surface area contributed by atoms with E-state index < -0.39 is 0 Å². The van der Waals surface area contributed by atoms with Gasteiger partial charge >= 0.3 is 0 Å². The number of benzene rings is 1. The van der Waals surface area contributed by atoms with Gasteiger partial charge in [-0.2, -0.15) is 0 Å². The Labute approximate surface area is 201 Å². The summed E-state index contributed by atoms with van der Waals surface area (Å²) in [6, 6.07) is 10.5. The fourth-order valence-electron chi connectivity index (χ4n) is 4.26. The van der Waals surface area contributed by atoms with Crippen molar-refractivity contribution in [1.29, 1.82) is 0 Å². The number of carbonyl (C=O) groups is 2. The number of rotatable bonds is 8. The highest BCUT2D eigenvalue weighted by atomic mass is 16.5. The zero-order valence-electron chi connectivity index (χ0n) is 19.0. The lowest BCUT2D eigenvalue weighted by atomic mass is 9.99. The smallest absolute Gasteiger partial charge is 0.195 e. The van der Waals surface area contributed by atoms with Crippen molar-refractivity contribution in [2.75, 3.05) is 18.5 Å². The Morgan fingerprint density at radius 2 is 1.86 bits per heavy atom. The van der Waals surface area contributed by atoms with Crippen LogP contribution in [0.25, 0.3) is 11.0 Å². The lowest BCUT2D eigenvalue weighted by Crippen LogP contribution is -2.36. The highest BCUT2D eigenvalue weighted by molar-refractivity contribution is 6.18. The molecular weight excluding hydrogens is 446 g/mol. The maximum absolute atomic E-state index is 13.4. The van der Waals surface area contributed by atoms with E-state index >= 15 is 0 Å². The molecule has 0 bridgehead atoms. The molecule has 5 rings (SSSR count). The number of fused-ring (bicyclic) bond motifs is 1. The first-order chi connectivity index (χ1) is 17.1. The molecule has 0 radical (unpaired) electrons. The van der Waals surface area contributed by atoms with E-state index in [4.69, 9.17) is 4.74 Å². The number of nitrogens with one attached hydrogen (secondary N) is 2. The van der Waals surface area contributed by atoms with Gasteiger partial charge in [-0.25, -0.2) is 9.97 Å². The van der Waals surface area contributed by atoms with E-state index in [1.807, 2.05) is 0 Å². The molecule has 4 heterocycles. The summed E-state index contributed by atoms with van der Waals surface area (Å²) in [4.78, 5) is 41.5. The summed E-state index contributed by atoms with van der Waals surface area (Å²) >= 11 is 0. The van der Waals surface area contributed by atoms with Gasteiger partial charge in [-0.15, -0.1) is 0 Å². The third-order valence-corrected chi connectivity index (χ3v) is 6.21. The second kappa shape index (κ2) is 10.1. The van der Waals surface area contributed by atoms with Crippen LogP contribution in [-0.2, 0) is 11.2 Å². The average Bonchev–Trinajstić information content (AvgIpc) is 3.35. The van der Waals surface area contributed by atoms with Crippen molar-refractivity contribution in [3.8, 4) is 0 Å². The van der Waals surface area contributed by atoms with Crippen LogP contribution in [-0.4, -0.2) is 62.0 Å². The van der Waals surface area contributed by atoms with Crippen molar-refractivity contribution >= 4 is 28.4 Å². The van der Waals surface area contributed by atoms with Crippen molar-refractivity contribution in [3.63, 3.8) is 0 Å². The molecule has 1 saturated heterocycles. The zero-order chi connectivity index (χ0) is 24.2. The minimum Gasteiger partial charge on any atom is -0.394 e. The van der Waals surface area contributed by atoms with Crippen molar-refractivity contribution in [2.45, 2.75) is 31.4 Å². The van der Waals surface area contributed by atoms with Gasteiger partial charge in [0.2, 0.25) is 0 Å². The van der Waals surface area contributed by atoms with Crippen LogP contribution >= 0.6 is 0 Å². The molecule has 0 aliphatic carbocycles. The molecule has 35 heavy (non-hydrogen) atoms. The Balaban J connectivity index is 1.34. The quantitative estimate of drug-likeness (QED) is 0.335. The summed E-state index contributed by atoms with van der Waals surface area (Å²) < 4.78 is 5.66. The first kappa shape index (κ1) is 22.8. The molecule has 0 amide bonds. The van der Waals surface area contributed by atoms with Crippen molar-refractivity contribution < 1.29 is 19.4 Å². The van der Waals surface area contributed by atoms with Gasteiger partial charge in [-0.3, -0.25) is 14.6 Å². The maximum atomic E-state index is 13.4. The second-order valence-electron chi connectivity index (χ2n) is 8.57. The van der Waals surface area contributed by atoms with E-state index in [1.54, 1.807) is 55.0 Å². The average molecular weight is 472 g/mol. The van der Waals surface area contributed by atoms with Gasteiger partial charge in [0.25, 0.3) is 0 Å². The molecule has 3 aromatic heterocycles. The lowest BCUT2D eigenvalue weighted by molar-refractivity contribution is -0.0224. The van der Waals surface area contributed by atoms with Gasteiger partial charge in [0.15, 0.2) is 11.6 Å². The highest BCUT2D eigenvalue weighted by Crippen LogP contribution is 2.27. The van der Waals surface area contributed by atoms with E-state index in [0.29, 0.717) is 40.1 Å². The molecule has 178 valence electrons. The molecule has 0 spiro atoms. The molecule has 0 saturated carbocycles. The second-order valence-corrected chi connectivity index (χ2v) is 8.57. The number of aliphatic hydroxyl groups is 1. The van der Waals surface area contributed by atoms with Gasteiger partial charge in [0, 0.05) is 36.1 Å². The van der Waals surface area contributed by atoms with E-state index in [2.05, 4.69) is 25.3 Å². The number of nitrogens with zero attached hydrogens (tertiary/aromatic N) is 3. The summed E-state index contributed by atoms with van der Waals surface area (Å²) in [6.45, 7) is 0.460. The molecule has 1 aromatic carbocycles. The number of ether oxygens (including phenoxy) is 1. The van der Waals surface area contributed by atoms with E-state index in [-0.39, 0.29) is 36.7 Å². The van der Waals surface area contributed by atoms with Crippen LogP contribution < -0.4 is 5.32 Å². The molecule has 1 fully saturated rings. The minimum atomic E-state index is -0.165. The number of pyridine rings is 1. The Bertz CT molecular complexity index is 1330. The van der Waals surface area contributed by atoms with Crippen molar-refractivity contribution in [2.24, 2.45) is 0 Å². The number of Topliss-reactive ketones (excluding diaryl/α,β-unsaturated/α-hetero) is 1. The molecular formula is C26H25N5O4. The topological polar surface area (TPSA) is 130 Å². The third-order valence-electron chi connectivity index (χ3n) is 6.21. The SMILES string of the molecule is O=C(Cc1ccc(C(=O)c2c[nH]c3ncnc(N[C@H]4CC[C@@H](CO)OC4)c23)cc1)c1ccncc1. The molecule has 4 aromatic rings.